The van der Waals surface area contributed by atoms with Crippen LogP contribution in [-0.2, 0) is 4.79 Å². The number of halogens is 4. The number of imidazole rings is 1. The standard InChI is InChI=1S/C28H32ClF3N4O2/c1-3-18(16-33-25(4-2)36-11-9-17(10-12-36)13-26(37)38)19-5-7-21(22(29)14-19)27-34-23-8-6-20(28(30,31)32)15-24(23)35-27/h5,7-8,14-17,20H,3-4,6,9-13H2,1-2H3,(H,34,35)(H,37,38)/b18-16+,33-25?. The first-order valence-electron chi connectivity index (χ1n) is 13.0. The van der Waals surface area contributed by atoms with Gasteiger partial charge >= 0.3 is 12.1 Å². The van der Waals surface area contributed by atoms with E-state index in [0.717, 1.165) is 55.7 Å². The van der Waals surface area contributed by atoms with Crippen molar-refractivity contribution in [2.75, 3.05) is 13.1 Å². The van der Waals surface area contributed by atoms with Gasteiger partial charge in [-0.05, 0) is 60.9 Å². The number of aliphatic carboxylic acids is 1. The molecule has 10 heteroatoms. The number of rotatable bonds is 7. The summed E-state index contributed by atoms with van der Waals surface area (Å²) >= 11 is 6.62. The molecule has 1 unspecified atom stereocenters. The second kappa shape index (κ2) is 11.8. The molecule has 1 aromatic heterocycles. The van der Waals surface area contributed by atoms with Crippen LogP contribution in [0.15, 0.2) is 29.4 Å². The number of allylic oxidation sites excluding steroid dienone is 1. The van der Waals surface area contributed by atoms with E-state index in [0.29, 0.717) is 27.1 Å². The van der Waals surface area contributed by atoms with Crippen LogP contribution in [0.4, 0.5) is 13.2 Å². The number of aromatic nitrogens is 2. The van der Waals surface area contributed by atoms with E-state index in [-0.39, 0.29) is 18.8 Å². The first-order valence-corrected chi connectivity index (χ1v) is 13.3. The van der Waals surface area contributed by atoms with E-state index in [1.165, 1.54) is 12.2 Å². The zero-order valence-electron chi connectivity index (χ0n) is 21.5. The van der Waals surface area contributed by atoms with Gasteiger partial charge in [0.2, 0.25) is 0 Å². The normalized spacial score (nSPS) is 19.1. The lowest BCUT2D eigenvalue weighted by molar-refractivity contribution is -0.155. The molecular weight excluding hydrogens is 517 g/mol. The van der Waals surface area contributed by atoms with Gasteiger partial charge in [0.1, 0.15) is 11.7 Å². The van der Waals surface area contributed by atoms with E-state index < -0.39 is 18.1 Å². The topological polar surface area (TPSA) is 81.6 Å². The van der Waals surface area contributed by atoms with Crippen LogP contribution in [0, 0.1) is 11.8 Å². The van der Waals surface area contributed by atoms with Crippen molar-refractivity contribution in [3.8, 4) is 11.4 Å². The molecule has 2 aliphatic rings. The number of nitrogens with zero attached hydrogens (tertiary/aromatic N) is 3. The predicted molar refractivity (Wildman–Crippen MR) is 144 cm³/mol. The highest BCUT2D eigenvalue weighted by Gasteiger charge is 2.38. The molecule has 0 radical (unpaired) electrons. The lowest BCUT2D eigenvalue weighted by Crippen LogP contribution is -2.38. The number of H-pyrrole nitrogens is 1. The molecule has 2 heterocycles. The number of aliphatic imine (C=N–C) groups is 1. The van der Waals surface area contributed by atoms with Gasteiger partial charge in [0.05, 0.1) is 21.6 Å². The number of carboxylic acids is 1. The first-order chi connectivity index (χ1) is 18.1. The zero-order valence-corrected chi connectivity index (χ0v) is 22.2. The molecule has 1 aliphatic heterocycles. The number of hydrogen-bond acceptors (Lipinski definition) is 3. The Kier molecular flexibility index (Phi) is 8.65. The summed E-state index contributed by atoms with van der Waals surface area (Å²) in [5.41, 5.74) is 2.53. The average Bonchev–Trinajstić information content (AvgIpc) is 3.30. The number of benzene rings is 1. The van der Waals surface area contributed by atoms with Gasteiger partial charge in [0.15, 0.2) is 0 Å². The molecule has 4 rings (SSSR count). The van der Waals surface area contributed by atoms with Crippen molar-refractivity contribution in [1.82, 2.24) is 14.9 Å². The van der Waals surface area contributed by atoms with Crippen LogP contribution in [-0.4, -0.2) is 51.0 Å². The van der Waals surface area contributed by atoms with Crippen LogP contribution in [0.1, 0.15) is 57.9 Å². The Morgan fingerprint density at radius 3 is 2.61 bits per heavy atom. The minimum atomic E-state index is -4.29. The molecule has 204 valence electrons. The Bertz CT molecular complexity index is 1360. The highest BCUT2D eigenvalue weighted by atomic mass is 35.5. The van der Waals surface area contributed by atoms with Crippen molar-refractivity contribution < 1.29 is 23.1 Å². The molecule has 2 aromatic rings. The lowest BCUT2D eigenvalue weighted by atomic mass is 9.93. The smallest absolute Gasteiger partial charge is 0.395 e. The Hall–Kier alpha value is -3.07. The van der Waals surface area contributed by atoms with E-state index >= 15 is 0 Å². The summed E-state index contributed by atoms with van der Waals surface area (Å²) in [5.74, 6) is -0.653. The number of aromatic amines is 1. The second-order valence-electron chi connectivity index (χ2n) is 9.77. The molecule has 6 nitrogen and oxygen atoms in total. The monoisotopic (exact) mass is 548 g/mol. The van der Waals surface area contributed by atoms with Crippen molar-refractivity contribution in [2.45, 2.75) is 58.5 Å². The molecule has 0 bridgehead atoms. The number of alkyl halides is 3. The van der Waals surface area contributed by atoms with Gasteiger partial charge in [-0.1, -0.05) is 37.6 Å². The zero-order chi connectivity index (χ0) is 27.4. The van der Waals surface area contributed by atoms with Crippen LogP contribution in [0.2, 0.25) is 5.02 Å². The Balaban J connectivity index is 1.53. The predicted octanol–water partition coefficient (Wildman–Crippen LogP) is 5.62. The Labute approximate surface area is 224 Å². The third-order valence-corrected chi connectivity index (χ3v) is 7.53. The van der Waals surface area contributed by atoms with Crippen LogP contribution >= 0.6 is 11.6 Å². The first kappa shape index (κ1) is 28.0. The number of carboxylic acid groups (broad SMARTS) is 1. The molecule has 1 saturated heterocycles. The fraction of sp³-hybridized carbons (Fsp3) is 0.464. The summed E-state index contributed by atoms with van der Waals surface area (Å²) < 4.78 is 39.4. The van der Waals surface area contributed by atoms with Crippen molar-refractivity contribution in [2.24, 2.45) is 16.8 Å². The number of nitrogens with one attached hydrogen (secondary N) is 1. The summed E-state index contributed by atoms with van der Waals surface area (Å²) in [4.78, 5) is 25.5. The van der Waals surface area contributed by atoms with Gasteiger partial charge in [0, 0.05) is 37.7 Å². The third-order valence-electron chi connectivity index (χ3n) is 7.22. The molecular formula is C28H32ClF3N4O2. The van der Waals surface area contributed by atoms with Gasteiger partial charge in [0.25, 0.3) is 0 Å². The van der Waals surface area contributed by atoms with E-state index in [1.807, 2.05) is 31.3 Å². The number of carbonyl (C=O) groups is 1. The molecule has 2 N–H and O–H groups in total. The quantitative estimate of drug-likeness (QED) is 0.348. The van der Waals surface area contributed by atoms with E-state index in [1.54, 1.807) is 0 Å². The number of likely N-dealkylation sites (tertiary alicyclic amines) is 1. The minimum Gasteiger partial charge on any atom is -0.481 e. The molecule has 0 spiro atoms. The maximum Gasteiger partial charge on any atom is 0.395 e. The van der Waals surface area contributed by atoms with Gasteiger partial charge in [-0.25, -0.2) is 9.98 Å². The second-order valence-corrected chi connectivity index (χ2v) is 10.2. The average molecular weight is 549 g/mol. The number of piperidine rings is 1. The third kappa shape index (κ3) is 6.49. The summed E-state index contributed by atoms with van der Waals surface area (Å²) in [5, 5.41) is 10.3. The van der Waals surface area contributed by atoms with Crippen LogP contribution in [0.25, 0.3) is 29.1 Å². The Morgan fingerprint density at radius 1 is 1.26 bits per heavy atom. The molecule has 1 atom stereocenters. The maximum atomic E-state index is 13.1. The highest BCUT2D eigenvalue weighted by Crippen LogP contribution is 2.32. The molecule has 0 saturated carbocycles. The summed E-state index contributed by atoms with van der Waals surface area (Å²) in [6.07, 6.45) is 3.53. The van der Waals surface area contributed by atoms with Crippen LogP contribution in [0.5, 0.6) is 0 Å². The van der Waals surface area contributed by atoms with Crippen LogP contribution in [0.3, 0.4) is 0 Å². The van der Waals surface area contributed by atoms with Gasteiger partial charge in [-0.2, -0.15) is 13.2 Å². The number of fused-ring (bicyclic) bond motifs is 1. The van der Waals surface area contributed by atoms with E-state index in [2.05, 4.69) is 21.8 Å². The largest absolute Gasteiger partial charge is 0.481 e. The molecule has 1 fully saturated rings. The van der Waals surface area contributed by atoms with E-state index in [9.17, 15) is 18.0 Å². The fourth-order valence-electron chi connectivity index (χ4n) is 5.01. The summed E-state index contributed by atoms with van der Waals surface area (Å²) in [6.45, 7) is 5.69. The highest BCUT2D eigenvalue weighted by molar-refractivity contribution is 6.33. The van der Waals surface area contributed by atoms with Gasteiger partial charge < -0.3 is 15.0 Å². The number of hydrogen-bond donors (Lipinski definition) is 2. The summed E-state index contributed by atoms with van der Waals surface area (Å²) in [7, 11) is 0. The van der Waals surface area contributed by atoms with Gasteiger partial charge in [-0.3, -0.25) is 4.79 Å². The van der Waals surface area contributed by atoms with Crippen molar-refractivity contribution in [1.29, 1.82) is 0 Å². The molecule has 38 heavy (non-hydrogen) atoms. The molecule has 1 aromatic carbocycles. The lowest BCUT2D eigenvalue weighted by Gasteiger charge is -2.33. The van der Waals surface area contributed by atoms with Crippen molar-refractivity contribution >= 4 is 41.1 Å². The van der Waals surface area contributed by atoms with Gasteiger partial charge in [-0.15, -0.1) is 0 Å². The van der Waals surface area contributed by atoms with E-state index in [4.69, 9.17) is 21.7 Å². The molecule has 1 aliphatic carbocycles. The Morgan fingerprint density at radius 2 is 2.00 bits per heavy atom. The van der Waals surface area contributed by atoms with Crippen molar-refractivity contribution in [3.05, 3.63) is 45.7 Å². The molecule has 0 amide bonds. The minimum absolute atomic E-state index is 0.126. The van der Waals surface area contributed by atoms with Crippen molar-refractivity contribution in [3.63, 3.8) is 0 Å². The summed E-state index contributed by atoms with van der Waals surface area (Å²) in [6, 6.07) is 5.57. The maximum absolute atomic E-state index is 13.1. The fourth-order valence-corrected chi connectivity index (χ4v) is 5.28. The number of amidine groups is 1. The van der Waals surface area contributed by atoms with Crippen LogP contribution < -0.4 is 10.7 Å². The SMILES string of the molecule is CCC(=N/C=C(\CC)c1ccc(-c2nc3c([nH]2)=CC(C(F)(F)F)CC=3)c(Cl)c1)N1CCC(CC(=O)O)CC1.